The fraction of sp³-hybridized carbons (Fsp3) is 0.167. The van der Waals surface area contributed by atoms with Crippen molar-refractivity contribution in [2.24, 2.45) is 0 Å². The SMILES string of the molecule is Cc1cc(C)c(/C=C2/C(=O)Nc3ccc(F)cc32)c(C)c1. The third kappa shape index (κ3) is 2.35. The molecule has 1 aliphatic rings. The van der Waals surface area contributed by atoms with E-state index in [1.807, 2.05) is 26.8 Å². The van der Waals surface area contributed by atoms with E-state index >= 15 is 0 Å². The molecule has 106 valence electrons. The molecule has 1 heterocycles. The number of halogens is 1. The summed E-state index contributed by atoms with van der Waals surface area (Å²) in [4.78, 5) is 12.1. The van der Waals surface area contributed by atoms with Gasteiger partial charge in [0.2, 0.25) is 0 Å². The van der Waals surface area contributed by atoms with E-state index in [9.17, 15) is 9.18 Å². The summed E-state index contributed by atoms with van der Waals surface area (Å²) in [5, 5.41) is 2.77. The van der Waals surface area contributed by atoms with Crippen LogP contribution >= 0.6 is 0 Å². The Morgan fingerprint density at radius 1 is 1.05 bits per heavy atom. The van der Waals surface area contributed by atoms with Crippen LogP contribution in [0.15, 0.2) is 30.3 Å². The Balaban J connectivity index is 2.18. The standard InChI is InChI=1S/C18H16FNO/c1-10-6-11(2)14(12(3)7-10)9-16-15-8-13(19)4-5-17(15)20-18(16)21/h4-9H,1-3H3,(H,20,21)/b16-9+. The van der Waals surface area contributed by atoms with Crippen LogP contribution in [0.1, 0.15) is 27.8 Å². The molecule has 0 spiro atoms. The van der Waals surface area contributed by atoms with E-state index in [1.54, 1.807) is 6.07 Å². The molecule has 0 aromatic heterocycles. The van der Waals surface area contributed by atoms with E-state index in [0.29, 0.717) is 16.8 Å². The van der Waals surface area contributed by atoms with Crippen molar-refractivity contribution < 1.29 is 9.18 Å². The highest BCUT2D eigenvalue weighted by molar-refractivity contribution is 6.35. The Kier molecular flexibility index (Phi) is 3.13. The highest BCUT2D eigenvalue weighted by Gasteiger charge is 2.24. The summed E-state index contributed by atoms with van der Waals surface area (Å²) in [6.45, 7) is 6.08. The molecule has 2 aromatic carbocycles. The molecule has 0 atom stereocenters. The number of nitrogens with one attached hydrogen (secondary N) is 1. The third-order valence-electron chi connectivity index (χ3n) is 3.79. The monoisotopic (exact) mass is 281 g/mol. The predicted octanol–water partition coefficient (Wildman–Crippen LogP) is 4.24. The molecule has 2 aromatic rings. The van der Waals surface area contributed by atoms with Gasteiger partial charge in [-0.05, 0) is 61.7 Å². The van der Waals surface area contributed by atoms with E-state index in [2.05, 4.69) is 17.4 Å². The Morgan fingerprint density at radius 3 is 2.38 bits per heavy atom. The van der Waals surface area contributed by atoms with Crippen molar-refractivity contribution in [3.05, 3.63) is 64.0 Å². The normalized spacial score (nSPS) is 15.2. The Labute approximate surface area is 123 Å². The van der Waals surface area contributed by atoms with E-state index < -0.39 is 0 Å². The first-order valence-electron chi connectivity index (χ1n) is 6.86. The van der Waals surface area contributed by atoms with Crippen LogP contribution in [0.5, 0.6) is 0 Å². The number of benzene rings is 2. The molecule has 2 nitrogen and oxygen atoms in total. The highest BCUT2D eigenvalue weighted by atomic mass is 19.1. The first-order chi connectivity index (χ1) is 9.95. The largest absolute Gasteiger partial charge is 0.321 e. The second-order valence-electron chi connectivity index (χ2n) is 5.51. The zero-order chi connectivity index (χ0) is 15.1. The summed E-state index contributed by atoms with van der Waals surface area (Å²) >= 11 is 0. The Morgan fingerprint density at radius 2 is 1.71 bits per heavy atom. The van der Waals surface area contributed by atoms with Gasteiger partial charge in [0.15, 0.2) is 0 Å². The van der Waals surface area contributed by atoms with Gasteiger partial charge in [-0.25, -0.2) is 4.39 Å². The molecule has 3 rings (SSSR count). The molecule has 0 unspecified atom stereocenters. The number of hydrogen-bond acceptors (Lipinski definition) is 1. The van der Waals surface area contributed by atoms with Gasteiger partial charge >= 0.3 is 0 Å². The number of amides is 1. The summed E-state index contributed by atoms with van der Waals surface area (Å²) in [6, 6.07) is 8.51. The van der Waals surface area contributed by atoms with Gasteiger partial charge in [0.25, 0.3) is 5.91 Å². The van der Waals surface area contributed by atoms with Crippen LogP contribution in [0.3, 0.4) is 0 Å². The van der Waals surface area contributed by atoms with Gasteiger partial charge < -0.3 is 5.32 Å². The smallest absolute Gasteiger partial charge is 0.256 e. The topological polar surface area (TPSA) is 29.1 Å². The number of hydrogen-bond donors (Lipinski definition) is 1. The number of aryl methyl sites for hydroxylation is 3. The minimum atomic E-state index is -0.339. The van der Waals surface area contributed by atoms with Crippen molar-refractivity contribution in [2.45, 2.75) is 20.8 Å². The van der Waals surface area contributed by atoms with Gasteiger partial charge in [-0.1, -0.05) is 17.7 Å². The highest BCUT2D eigenvalue weighted by Crippen LogP contribution is 2.34. The number of anilines is 1. The predicted molar refractivity (Wildman–Crippen MR) is 83.6 cm³/mol. The number of fused-ring (bicyclic) bond motifs is 1. The lowest BCUT2D eigenvalue weighted by atomic mass is 9.96. The van der Waals surface area contributed by atoms with Gasteiger partial charge in [0.05, 0.1) is 0 Å². The van der Waals surface area contributed by atoms with E-state index in [-0.39, 0.29) is 11.7 Å². The van der Waals surface area contributed by atoms with Gasteiger partial charge in [0.1, 0.15) is 5.82 Å². The second-order valence-corrected chi connectivity index (χ2v) is 5.51. The summed E-state index contributed by atoms with van der Waals surface area (Å²) in [7, 11) is 0. The minimum Gasteiger partial charge on any atom is -0.321 e. The molecule has 1 aliphatic heterocycles. The van der Waals surface area contributed by atoms with Crippen LogP contribution in [0.25, 0.3) is 11.6 Å². The zero-order valence-corrected chi connectivity index (χ0v) is 12.3. The second kappa shape index (κ2) is 4.85. The Hall–Kier alpha value is -2.42. The molecular formula is C18H16FNO. The van der Waals surface area contributed by atoms with Gasteiger partial charge in [0, 0.05) is 16.8 Å². The fourth-order valence-electron chi connectivity index (χ4n) is 2.87. The van der Waals surface area contributed by atoms with Crippen molar-refractivity contribution in [3.8, 4) is 0 Å². The minimum absolute atomic E-state index is 0.185. The van der Waals surface area contributed by atoms with Crippen LogP contribution in [0.2, 0.25) is 0 Å². The quantitative estimate of drug-likeness (QED) is 0.778. The first-order valence-corrected chi connectivity index (χ1v) is 6.86. The molecule has 0 bridgehead atoms. The van der Waals surface area contributed by atoms with Crippen LogP contribution in [0.4, 0.5) is 10.1 Å². The maximum absolute atomic E-state index is 13.4. The van der Waals surface area contributed by atoms with Crippen molar-refractivity contribution in [1.82, 2.24) is 0 Å². The van der Waals surface area contributed by atoms with E-state index in [0.717, 1.165) is 16.7 Å². The van der Waals surface area contributed by atoms with Crippen molar-refractivity contribution in [2.75, 3.05) is 5.32 Å². The number of carbonyl (C=O) groups excluding carboxylic acids is 1. The van der Waals surface area contributed by atoms with Gasteiger partial charge in [-0.3, -0.25) is 4.79 Å². The lowest BCUT2D eigenvalue weighted by Crippen LogP contribution is -2.04. The molecule has 0 aliphatic carbocycles. The zero-order valence-electron chi connectivity index (χ0n) is 12.3. The third-order valence-corrected chi connectivity index (χ3v) is 3.79. The molecular weight excluding hydrogens is 265 g/mol. The molecule has 3 heteroatoms. The van der Waals surface area contributed by atoms with Crippen molar-refractivity contribution >= 4 is 23.2 Å². The molecule has 0 fully saturated rings. The summed E-state index contributed by atoms with van der Waals surface area (Å²) in [6.07, 6.45) is 1.85. The fourth-order valence-corrected chi connectivity index (χ4v) is 2.87. The molecule has 21 heavy (non-hydrogen) atoms. The molecule has 0 saturated heterocycles. The maximum atomic E-state index is 13.4. The molecule has 0 saturated carbocycles. The average molecular weight is 281 g/mol. The average Bonchev–Trinajstić information content (AvgIpc) is 2.69. The Bertz CT molecular complexity index is 767. The molecule has 1 N–H and O–H groups in total. The molecule has 1 amide bonds. The van der Waals surface area contributed by atoms with E-state index in [1.165, 1.54) is 17.7 Å². The first kappa shape index (κ1) is 13.6. The van der Waals surface area contributed by atoms with E-state index in [4.69, 9.17) is 0 Å². The summed E-state index contributed by atoms with van der Waals surface area (Å²) in [5.74, 6) is -0.525. The van der Waals surface area contributed by atoms with Gasteiger partial charge in [-0.2, -0.15) is 0 Å². The lowest BCUT2D eigenvalue weighted by Gasteiger charge is -2.08. The van der Waals surface area contributed by atoms with Crippen LogP contribution < -0.4 is 5.32 Å². The molecule has 0 radical (unpaired) electrons. The van der Waals surface area contributed by atoms with Crippen molar-refractivity contribution in [1.29, 1.82) is 0 Å². The number of carbonyl (C=O) groups is 1. The van der Waals surface area contributed by atoms with Crippen LogP contribution in [0, 0.1) is 26.6 Å². The van der Waals surface area contributed by atoms with Crippen molar-refractivity contribution in [3.63, 3.8) is 0 Å². The maximum Gasteiger partial charge on any atom is 0.256 e. The van der Waals surface area contributed by atoms with Gasteiger partial charge in [-0.15, -0.1) is 0 Å². The summed E-state index contributed by atoms with van der Waals surface area (Å²) < 4.78 is 13.4. The summed E-state index contributed by atoms with van der Waals surface area (Å²) in [5.41, 5.74) is 6.22. The van der Waals surface area contributed by atoms with Crippen LogP contribution in [-0.2, 0) is 4.79 Å². The number of rotatable bonds is 1. The van der Waals surface area contributed by atoms with Crippen LogP contribution in [-0.4, -0.2) is 5.91 Å². The lowest BCUT2D eigenvalue weighted by molar-refractivity contribution is -0.110.